The van der Waals surface area contributed by atoms with Crippen LogP contribution in [0, 0.1) is 0 Å². The zero-order chi connectivity index (χ0) is 64.9. The number of phenols is 4. The van der Waals surface area contributed by atoms with E-state index in [1.54, 1.807) is 0 Å². The molecule has 462 valence electrons. The molecule has 0 atom stereocenters. The summed E-state index contributed by atoms with van der Waals surface area (Å²) >= 11 is 0. The Labute approximate surface area is 494 Å². The highest BCUT2D eigenvalue weighted by Gasteiger charge is 2.31. The average Bonchev–Trinajstić information content (AvgIpc) is 3.28. The largest absolute Gasteiger partial charge is 0.507 e. The van der Waals surface area contributed by atoms with Gasteiger partial charge < -0.3 is 40.9 Å². The highest BCUT2D eigenvalue weighted by molar-refractivity contribution is 5.69. The molecule has 82 heavy (non-hydrogen) atoms. The third-order valence-corrected chi connectivity index (χ3v) is 13.7. The topological polar surface area (TPSA) is 230 Å². The predicted molar refractivity (Wildman–Crippen MR) is 337 cm³/mol. The Morgan fingerprint density at radius 3 is 0.427 bits per heavy atom. The smallest absolute Gasteiger partial charge is 0.303 e. The molecule has 12 heteroatoms. The summed E-state index contributed by atoms with van der Waals surface area (Å²) in [5.41, 5.74) is 9.51. The number of hydrogen-bond acceptors (Lipinski definition) is 8. The molecular weight excluding hydrogens is 1030 g/mol. The summed E-state index contributed by atoms with van der Waals surface area (Å²) in [7, 11) is 0. The second kappa shape index (κ2) is 29.5. The van der Waals surface area contributed by atoms with Gasteiger partial charge in [-0.1, -0.05) is 229 Å². The number of aryl methyl sites for hydroxylation is 4. The van der Waals surface area contributed by atoms with Crippen molar-refractivity contribution >= 4 is 23.9 Å². The first-order valence-corrected chi connectivity index (χ1v) is 29.1. The van der Waals surface area contributed by atoms with Crippen molar-refractivity contribution in [2.45, 2.75) is 275 Å². The highest BCUT2D eigenvalue weighted by atomic mass is 16.4. The molecule has 0 fully saturated rings. The van der Waals surface area contributed by atoms with Gasteiger partial charge in [0.1, 0.15) is 23.0 Å². The minimum atomic E-state index is -0.798. The predicted octanol–water partition coefficient (Wildman–Crippen LogP) is 17.0. The Kier molecular flexibility index (Phi) is 27.3. The number of benzene rings is 4. The van der Waals surface area contributed by atoms with E-state index in [1.807, 2.05) is 62.4 Å². The van der Waals surface area contributed by atoms with E-state index in [9.17, 15) is 39.6 Å². The fourth-order valence-corrected chi connectivity index (χ4v) is 8.93. The SMILES string of the molecule is CC.CC(C)(C)c1cc(CCC(=O)O)cc(C(C)(C)C)c1O.CC(C)(C)c1cc(CCC(=O)O)cc(C(C)(C)C)c1O.CC(C)(C)c1cc(CCC(=O)O)cc(C(C)(C)C)c1O.CC(C)(C)c1cc(CCC(=O)O)cc(C(C)(C)C)c1O. The summed E-state index contributed by atoms with van der Waals surface area (Å²) in [6.07, 6.45) is 2.39. The van der Waals surface area contributed by atoms with E-state index >= 15 is 0 Å². The number of aromatic hydroxyl groups is 4. The maximum atomic E-state index is 10.8. The Morgan fingerprint density at radius 2 is 0.354 bits per heavy atom. The maximum Gasteiger partial charge on any atom is 0.303 e. The lowest BCUT2D eigenvalue weighted by Gasteiger charge is -2.28. The molecule has 8 N–H and O–H groups in total. The Balaban J connectivity index is 0.00000106. The van der Waals surface area contributed by atoms with Gasteiger partial charge in [-0.25, -0.2) is 0 Å². The van der Waals surface area contributed by atoms with E-state index in [0.717, 1.165) is 66.8 Å². The molecule has 0 amide bonds. The molecule has 0 aliphatic carbocycles. The van der Waals surface area contributed by atoms with Crippen LogP contribution in [-0.2, 0) is 88.2 Å². The molecule has 0 unspecified atom stereocenters. The number of carboxylic acid groups (broad SMARTS) is 4. The number of rotatable bonds is 12. The van der Waals surface area contributed by atoms with Crippen molar-refractivity contribution in [2.75, 3.05) is 0 Å². The molecule has 4 aromatic carbocycles. The second-order valence-electron chi connectivity index (χ2n) is 29.7. The lowest BCUT2D eigenvalue weighted by Crippen LogP contribution is -2.18. The minimum Gasteiger partial charge on any atom is -0.507 e. The molecule has 0 saturated heterocycles. The van der Waals surface area contributed by atoms with Gasteiger partial charge in [0.25, 0.3) is 0 Å². The van der Waals surface area contributed by atoms with Gasteiger partial charge in [0.05, 0.1) is 0 Å². The van der Waals surface area contributed by atoms with Crippen LogP contribution in [0.5, 0.6) is 23.0 Å². The van der Waals surface area contributed by atoms with Gasteiger partial charge in [-0.3, -0.25) is 19.2 Å². The monoisotopic (exact) mass is 1140 g/mol. The van der Waals surface area contributed by atoms with Gasteiger partial charge in [-0.05, 0) is 136 Å². The lowest BCUT2D eigenvalue weighted by molar-refractivity contribution is -0.138. The molecule has 12 nitrogen and oxygen atoms in total. The molecule has 0 aliphatic rings. The number of hydrogen-bond donors (Lipinski definition) is 8. The van der Waals surface area contributed by atoms with Crippen LogP contribution >= 0.6 is 0 Å². The van der Waals surface area contributed by atoms with E-state index in [1.165, 1.54) is 0 Å². The van der Waals surface area contributed by atoms with Crippen molar-refractivity contribution in [1.82, 2.24) is 0 Å². The maximum absolute atomic E-state index is 10.8. The number of carboxylic acids is 4. The van der Waals surface area contributed by atoms with Crippen LogP contribution in [-0.4, -0.2) is 64.7 Å². The quantitative estimate of drug-likeness (QED) is 0.0662. The van der Waals surface area contributed by atoms with Crippen LogP contribution in [0.15, 0.2) is 48.5 Å². The standard InChI is InChI=1S/4C17H26O3.C2H6/c4*1-16(2,3)12-9-11(7-8-14(18)19)10-13(15(12)20)17(4,5)6;1-2/h4*9-10,20H,7-8H2,1-6H3,(H,18,19);1-2H3. The van der Waals surface area contributed by atoms with Crippen LogP contribution in [0.1, 0.15) is 272 Å². The molecule has 0 saturated carbocycles. The summed E-state index contributed by atoms with van der Waals surface area (Å²) in [5.74, 6) is -1.85. The van der Waals surface area contributed by atoms with Crippen LogP contribution in [0.3, 0.4) is 0 Å². The van der Waals surface area contributed by atoms with Crippen LogP contribution in [0.25, 0.3) is 0 Å². The van der Waals surface area contributed by atoms with E-state index < -0.39 is 23.9 Å². The van der Waals surface area contributed by atoms with Gasteiger partial charge in [0.15, 0.2) is 0 Å². The summed E-state index contributed by atoms with van der Waals surface area (Å²) in [6.45, 7) is 53.2. The molecule has 4 aromatic rings. The van der Waals surface area contributed by atoms with Crippen molar-refractivity contribution in [3.05, 3.63) is 115 Å². The van der Waals surface area contributed by atoms with E-state index in [4.69, 9.17) is 20.4 Å². The fraction of sp³-hybridized carbons (Fsp3) is 0.600. The van der Waals surface area contributed by atoms with Crippen LogP contribution < -0.4 is 0 Å². The molecule has 0 heterocycles. The highest BCUT2D eigenvalue weighted by Crippen LogP contribution is 2.44. The minimum absolute atomic E-state index is 0.109. The Hall–Kier alpha value is -6.04. The summed E-state index contributed by atoms with van der Waals surface area (Å²) in [5, 5.41) is 77.5. The normalized spacial score (nSPS) is 12.3. The molecule has 4 rings (SSSR count). The average molecular weight is 1140 g/mol. The first-order chi connectivity index (χ1) is 36.7. The number of phenolic OH excluding ortho intramolecular Hbond substituents is 4. The molecule has 0 aromatic heterocycles. The van der Waals surface area contributed by atoms with Crippen LogP contribution in [0.4, 0.5) is 0 Å². The van der Waals surface area contributed by atoms with E-state index in [-0.39, 0.29) is 69.0 Å². The van der Waals surface area contributed by atoms with Crippen molar-refractivity contribution in [2.24, 2.45) is 0 Å². The van der Waals surface area contributed by atoms with E-state index in [2.05, 4.69) is 166 Å². The third-order valence-electron chi connectivity index (χ3n) is 13.7. The lowest BCUT2D eigenvalue weighted by atomic mass is 9.78. The molecular formula is C70H110O12. The molecule has 0 bridgehead atoms. The number of carbonyl (C=O) groups is 4. The van der Waals surface area contributed by atoms with E-state index in [0.29, 0.717) is 48.7 Å². The fourth-order valence-electron chi connectivity index (χ4n) is 8.93. The molecule has 0 aliphatic heterocycles. The van der Waals surface area contributed by atoms with Crippen molar-refractivity contribution in [1.29, 1.82) is 0 Å². The first kappa shape index (κ1) is 76.0. The van der Waals surface area contributed by atoms with Crippen LogP contribution in [0.2, 0.25) is 0 Å². The zero-order valence-electron chi connectivity index (χ0n) is 55.5. The van der Waals surface area contributed by atoms with Crippen molar-refractivity contribution in [3.63, 3.8) is 0 Å². The molecule has 0 radical (unpaired) electrons. The van der Waals surface area contributed by atoms with Gasteiger partial charge >= 0.3 is 23.9 Å². The second-order valence-corrected chi connectivity index (χ2v) is 29.7. The van der Waals surface area contributed by atoms with Crippen molar-refractivity contribution < 1.29 is 60.0 Å². The van der Waals surface area contributed by atoms with Crippen molar-refractivity contribution in [3.8, 4) is 23.0 Å². The Morgan fingerprint density at radius 1 is 0.256 bits per heavy atom. The van der Waals surface area contributed by atoms with Gasteiger partial charge in [-0.2, -0.15) is 0 Å². The Bertz CT molecular complexity index is 2250. The zero-order valence-corrected chi connectivity index (χ0v) is 55.5. The van der Waals surface area contributed by atoms with Gasteiger partial charge in [-0.15, -0.1) is 0 Å². The first-order valence-electron chi connectivity index (χ1n) is 29.1. The number of aliphatic carboxylic acids is 4. The summed E-state index contributed by atoms with van der Waals surface area (Å²) in [4.78, 5) is 43.0. The summed E-state index contributed by atoms with van der Waals surface area (Å²) in [6, 6.07) is 15.5. The molecule has 0 spiro atoms. The summed E-state index contributed by atoms with van der Waals surface area (Å²) < 4.78 is 0. The van der Waals surface area contributed by atoms with Gasteiger partial charge in [0.2, 0.25) is 0 Å². The van der Waals surface area contributed by atoms with Gasteiger partial charge in [0, 0.05) is 25.7 Å². The third kappa shape index (κ3) is 24.8.